The molecule has 1 fully saturated rings. The fourth-order valence-corrected chi connectivity index (χ4v) is 3.20. The molecule has 1 aromatic carbocycles. The molecule has 28 heavy (non-hydrogen) atoms. The van der Waals surface area contributed by atoms with Gasteiger partial charge in [0.1, 0.15) is 0 Å². The molecular weight excluding hydrogens is 489 g/mol. The minimum Gasteiger partial charge on any atom is -0.356 e. The van der Waals surface area contributed by atoms with Gasteiger partial charge in [-0.3, -0.25) is 9.79 Å². The number of nitrogens with zero attached hydrogens (tertiary/aromatic N) is 2. The van der Waals surface area contributed by atoms with Crippen LogP contribution in [0.15, 0.2) is 29.3 Å². The maximum atomic E-state index is 12.0. The van der Waals surface area contributed by atoms with Crippen molar-refractivity contribution >= 4 is 47.4 Å². The molecule has 1 heterocycles. The summed E-state index contributed by atoms with van der Waals surface area (Å²) in [6.07, 6.45) is 3.74. The van der Waals surface area contributed by atoms with Crippen LogP contribution in [-0.4, -0.2) is 63.1 Å². The Balaban J connectivity index is 0.00000392. The van der Waals surface area contributed by atoms with Crippen molar-refractivity contribution in [1.82, 2.24) is 20.9 Å². The van der Waals surface area contributed by atoms with Crippen LogP contribution in [0.5, 0.6) is 0 Å². The van der Waals surface area contributed by atoms with Crippen LogP contribution in [0, 0.1) is 5.92 Å². The fourth-order valence-electron chi connectivity index (χ4n) is 3.08. The van der Waals surface area contributed by atoms with Crippen LogP contribution in [0.25, 0.3) is 0 Å². The SMILES string of the molecule is CN=C(NCCCN1CCC(C)CC1)NCCNC(=O)c1ccc(Cl)cc1.I. The molecule has 6 nitrogen and oxygen atoms in total. The average Bonchev–Trinajstić information content (AvgIpc) is 2.68. The van der Waals surface area contributed by atoms with Gasteiger partial charge in [-0.1, -0.05) is 18.5 Å². The van der Waals surface area contributed by atoms with Crippen LogP contribution in [-0.2, 0) is 0 Å². The first kappa shape index (κ1) is 25.0. The number of nitrogens with one attached hydrogen (secondary N) is 3. The monoisotopic (exact) mass is 521 g/mol. The van der Waals surface area contributed by atoms with Gasteiger partial charge in [-0.15, -0.1) is 24.0 Å². The summed E-state index contributed by atoms with van der Waals surface area (Å²) in [5.41, 5.74) is 0.606. The van der Waals surface area contributed by atoms with E-state index in [2.05, 4.69) is 32.8 Å². The minimum absolute atomic E-state index is 0. The van der Waals surface area contributed by atoms with Crippen molar-refractivity contribution in [1.29, 1.82) is 0 Å². The molecule has 0 radical (unpaired) electrons. The molecule has 1 saturated heterocycles. The Labute approximate surface area is 190 Å². The number of amides is 1. The first-order valence-electron chi connectivity index (χ1n) is 9.79. The number of rotatable bonds is 8. The molecule has 0 unspecified atom stereocenters. The van der Waals surface area contributed by atoms with Crippen molar-refractivity contribution in [2.45, 2.75) is 26.2 Å². The molecule has 8 heteroatoms. The van der Waals surface area contributed by atoms with Crippen molar-refractivity contribution in [3.63, 3.8) is 0 Å². The highest BCUT2D eigenvalue weighted by molar-refractivity contribution is 14.0. The summed E-state index contributed by atoms with van der Waals surface area (Å²) in [5, 5.41) is 10.0. The highest BCUT2D eigenvalue weighted by Crippen LogP contribution is 2.15. The lowest BCUT2D eigenvalue weighted by molar-refractivity contribution is 0.0954. The zero-order valence-corrected chi connectivity index (χ0v) is 19.9. The molecule has 1 aliphatic heterocycles. The first-order valence-corrected chi connectivity index (χ1v) is 10.2. The van der Waals surface area contributed by atoms with Gasteiger partial charge in [-0.25, -0.2) is 0 Å². The van der Waals surface area contributed by atoms with E-state index in [1.165, 1.54) is 25.9 Å². The van der Waals surface area contributed by atoms with Crippen molar-refractivity contribution in [2.75, 3.05) is 46.3 Å². The number of carbonyl (C=O) groups excluding carboxylic acids is 1. The molecule has 0 saturated carbocycles. The Kier molecular flexibility index (Phi) is 12.5. The first-order chi connectivity index (χ1) is 13.1. The fraction of sp³-hybridized carbons (Fsp3) is 0.600. The standard InChI is InChI=1S/C20H32ClN5O.HI/c1-16-8-14-26(15-9-16)13-3-10-24-20(22-2)25-12-11-23-19(27)17-4-6-18(21)7-5-17;/h4-7,16H,3,8-15H2,1-2H3,(H,23,27)(H2,22,24,25);1H. The van der Waals surface area contributed by atoms with Gasteiger partial charge in [-0.2, -0.15) is 0 Å². The number of aliphatic imine (C=N–C) groups is 1. The molecule has 158 valence electrons. The van der Waals surface area contributed by atoms with Crippen LogP contribution in [0.3, 0.4) is 0 Å². The number of piperidine rings is 1. The number of hydrogen-bond donors (Lipinski definition) is 3. The van der Waals surface area contributed by atoms with Crippen molar-refractivity contribution < 1.29 is 4.79 Å². The Hall–Kier alpha value is -1.06. The van der Waals surface area contributed by atoms with Crippen molar-refractivity contribution in [2.24, 2.45) is 10.9 Å². The molecule has 0 spiro atoms. The van der Waals surface area contributed by atoms with E-state index < -0.39 is 0 Å². The molecule has 0 bridgehead atoms. The van der Waals surface area contributed by atoms with Gasteiger partial charge in [-0.05, 0) is 69.1 Å². The van der Waals surface area contributed by atoms with Gasteiger partial charge in [0.05, 0.1) is 0 Å². The van der Waals surface area contributed by atoms with E-state index in [1.807, 2.05) is 0 Å². The second kappa shape index (κ2) is 14.0. The van der Waals surface area contributed by atoms with Crippen LogP contribution in [0.1, 0.15) is 36.5 Å². The predicted octanol–water partition coefficient (Wildman–Crippen LogP) is 2.97. The Morgan fingerprint density at radius 1 is 1.11 bits per heavy atom. The van der Waals surface area contributed by atoms with E-state index in [1.54, 1.807) is 31.3 Å². The summed E-state index contributed by atoms with van der Waals surface area (Å²) in [5.74, 6) is 1.54. The lowest BCUT2D eigenvalue weighted by atomic mass is 9.99. The van der Waals surface area contributed by atoms with Gasteiger partial charge >= 0.3 is 0 Å². The van der Waals surface area contributed by atoms with Crippen LogP contribution >= 0.6 is 35.6 Å². The molecule has 0 aliphatic carbocycles. The van der Waals surface area contributed by atoms with Crippen LogP contribution in [0.4, 0.5) is 0 Å². The highest BCUT2D eigenvalue weighted by Gasteiger charge is 2.14. The summed E-state index contributed by atoms with van der Waals surface area (Å²) in [4.78, 5) is 18.8. The molecule has 3 N–H and O–H groups in total. The Bertz CT molecular complexity index is 603. The zero-order chi connectivity index (χ0) is 19.5. The summed E-state index contributed by atoms with van der Waals surface area (Å²) in [6.45, 7) is 7.95. The number of benzene rings is 1. The van der Waals surface area contributed by atoms with Gasteiger partial charge in [0.2, 0.25) is 0 Å². The number of halogens is 2. The van der Waals surface area contributed by atoms with E-state index in [-0.39, 0.29) is 29.9 Å². The molecule has 0 atom stereocenters. The van der Waals surface area contributed by atoms with Crippen LogP contribution in [0.2, 0.25) is 5.02 Å². The lowest BCUT2D eigenvalue weighted by Gasteiger charge is -2.30. The van der Waals surface area contributed by atoms with Gasteiger partial charge < -0.3 is 20.9 Å². The summed E-state index contributed by atoms with van der Waals surface area (Å²) < 4.78 is 0. The third-order valence-corrected chi connectivity index (χ3v) is 5.10. The molecular formula is C20H33ClIN5O. The van der Waals surface area contributed by atoms with Crippen molar-refractivity contribution in [3.8, 4) is 0 Å². The van der Waals surface area contributed by atoms with E-state index in [9.17, 15) is 4.79 Å². The largest absolute Gasteiger partial charge is 0.356 e. The van der Waals surface area contributed by atoms with E-state index in [0.717, 1.165) is 31.4 Å². The minimum atomic E-state index is -0.104. The highest BCUT2D eigenvalue weighted by atomic mass is 127. The maximum Gasteiger partial charge on any atom is 0.251 e. The summed E-state index contributed by atoms with van der Waals surface area (Å²) in [7, 11) is 1.76. The molecule has 1 amide bonds. The van der Waals surface area contributed by atoms with Gasteiger partial charge in [0.15, 0.2) is 5.96 Å². The smallest absolute Gasteiger partial charge is 0.251 e. The quantitative estimate of drug-likeness (QED) is 0.213. The van der Waals surface area contributed by atoms with Crippen LogP contribution < -0.4 is 16.0 Å². The zero-order valence-electron chi connectivity index (χ0n) is 16.8. The summed E-state index contributed by atoms with van der Waals surface area (Å²) >= 11 is 5.83. The topological polar surface area (TPSA) is 68.8 Å². The maximum absolute atomic E-state index is 12.0. The second-order valence-electron chi connectivity index (χ2n) is 7.07. The van der Waals surface area contributed by atoms with Gasteiger partial charge in [0.25, 0.3) is 5.91 Å². The number of hydrogen-bond acceptors (Lipinski definition) is 3. The molecule has 1 aromatic rings. The summed E-state index contributed by atoms with van der Waals surface area (Å²) in [6, 6.07) is 6.86. The van der Waals surface area contributed by atoms with Crippen molar-refractivity contribution in [3.05, 3.63) is 34.9 Å². The number of guanidine groups is 1. The Morgan fingerprint density at radius 3 is 2.36 bits per heavy atom. The van der Waals surface area contributed by atoms with E-state index >= 15 is 0 Å². The number of likely N-dealkylation sites (tertiary alicyclic amines) is 1. The molecule has 1 aliphatic rings. The van der Waals surface area contributed by atoms with Gasteiger partial charge in [0, 0.05) is 37.3 Å². The average molecular weight is 522 g/mol. The van der Waals surface area contributed by atoms with E-state index in [0.29, 0.717) is 23.7 Å². The van der Waals surface area contributed by atoms with E-state index in [4.69, 9.17) is 11.6 Å². The normalized spacial score (nSPS) is 15.6. The third-order valence-electron chi connectivity index (χ3n) is 4.85. The second-order valence-corrected chi connectivity index (χ2v) is 7.50. The predicted molar refractivity (Wildman–Crippen MR) is 128 cm³/mol. The molecule has 0 aromatic heterocycles. The molecule has 2 rings (SSSR count). The Morgan fingerprint density at radius 2 is 1.71 bits per heavy atom. The third kappa shape index (κ3) is 9.43. The lowest BCUT2D eigenvalue weighted by Crippen LogP contribution is -2.42. The number of carbonyl (C=O) groups is 1.